The van der Waals surface area contributed by atoms with E-state index in [-0.39, 0.29) is 30.2 Å². The van der Waals surface area contributed by atoms with Crippen molar-refractivity contribution in [2.45, 2.75) is 25.6 Å². The molecule has 1 N–H and O–H groups in total. The Morgan fingerprint density at radius 1 is 1.38 bits per heavy atom. The minimum atomic E-state index is -4.35. The molecular formula is C18H16F4N4O3. The van der Waals surface area contributed by atoms with Gasteiger partial charge in [0.05, 0.1) is 5.41 Å². The number of nitrogens with zero attached hydrogens (tertiary/aromatic N) is 3. The molecule has 1 saturated carbocycles. The molecule has 3 atom stereocenters. The molecule has 1 aliphatic carbocycles. The van der Waals surface area contributed by atoms with E-state index >= 15 is 0 Å². The van der Waals surface area contributed by atoms with Gasteiger partial charge in [-0.25, -0.2) is 4.39 Å². The third-order valence-electron chi connectivity index (χ3n) is 5.44. The lowest BCUT2D eigenvalue weighted by Gasteiger charge is -2.25. The van der Waals surface area contributed by atoms with Gasteiger partial charge in [-0.1, -0.05) is 11.2 Å². The maximum Gasteiger partial charge on any atom is 0.396 e. The molecule has 1 unspecified atom stereocenters. The van der Waals surface area contributed by atoms with E-state index in [1.165, 1.54) is 25.1 Å². The topological polar surface area (TPSA) is 88.3 Å². The lowest BCUT2D eigenvalue weighted by Crippen LogP contribution is -2.48. The normalized spacial score (nSPS) is 24.2. The lowest BCUT2D eigenvalue weighted by atomic mass is 10.1. The van der Waals surface area contributed by atoms with Gasteiger partial charge in [0.15, 0.2) is 0 Å². The molecule has 154 valence electrons. The number of amides is 2. The minimum absolute atomic E-state index is 0.0183. The zero-order chi connectivity index (χ0) is 21.0. The molecular weight excluding hydrogens is 396 g/mol. The Morgan fingerprint density at radius 2 is 2.14 bits per heavy atom. The van der Waals surface area contributed by atoms with E-state index in [1.54, 1.807) is 0 Å². The fraction of sp³-hybridized carbons (Fsp3) is 0.444. The van der Waals surface area contributed by atoms with Crippen molar-refractivity contribution < 1.29 is 31.7 Å². The molecule has 2 aliphatic rings. The SMILES string of the molecule is C[C@@H](NC(=O)c1noc(-c2cccc(F)c2)n1)C(=O)N1CC2C[C@@]2(C(F)(F)F)C1. The summed E-state index contributed by atoms with van der Waals surface area (Å²) in [6.07, 6.45) is -4.32. The van der Waals surface area contributed by atoms with Crippen molar-refractivity contribution >= 4 is 11.8 Å². The van der Waals surface area contributed by atoms with Crippen LogP contribution in [0.4, 0.5) is 17.6 Å². The molecule has 4 rings (SSSR count). The highest BCUT2D eigenvalue weighted by molar-refractivity contribution is 5.95. The third kappa shape index (κ3) is 3.34. The molecule has 1 aromatic heterocycles. The lowest BCUT2D eigenvalue weighted by molar-refractivity contribution is -0.188. The number of alkyl halides is 3. The van der Waals surface area contributed by atoms with E-state index in [9.17, 15) is 27.2 Å². The predicted molar refractivity (Wildman–Crippen MR) is 89.8 cm³/mol. The highest BCUT2D eigenvalue weighted by Crippen LogP contribution is 2.66. The van der Waals surface area contributed by atoms with Gasteiger partial charge in [0.1, 0.15) is 11.9 Å². The third-order valence-corrected chi connectivity index (χ3v) is 5.44. The highest BCUT2D eigenvalue weighted by atomic mass is 19.4. The first kappa shape index (κ1) is 19.3. The summed E-state index contributed by atoms with van der Waals surface area (Å²) in [5.74, 6) is -3.00. The zero-order valence-corrected chi connectivity index (χ0v) is 15.2. The molecule has 0 bridgehead atoms. The fourth-order valence-electron chi connectivity index (χ4n) is 3.74. The average Bonchev–Trinajstić information content (AvgIpc) is 3.04. The summed E-state index contributed by atoms with van der Waals surface area (Å²) in [6.45, 7) is 0.995. The maximum atomic E-state index is 13.3. The number of benzene rings is 1. The van der Waals surface area contributed by atoms with Crippen molar-refractivity contribution in [3.8, 4) is 11.5 Å². The van der Waals surface area contributed by atoms with Crippen LogP contribution in [0.1, 0.15) is 24.0 Å². The molecule has 2 fully saturated rings. The van der Waals surface area contributed by atoms with E-state index < -0.39 is 47.7 Å². The van der Waals surface area contributed by atoms with Gasteiger partial charge >= 0.3 is 6.18 Å². The Kier molecular flexibility index (Phi) is 4.35. The summed E-state index contributed by atoms with van der Waals surface area (Å²) in [6, 6.07) is 4.26. The second-order valence-corrected chi connectivity index (χ2v) is 7.40. The smallest absolute Gasteiger partial charge is 0.340 e. The Bertz CT molecular complexity index is 976. The number of rotatable bonds is 4. The van der Waals surface area contributed by atoms with Crippen LogP contribution >= 0.6 is 0 Å². The van der Waals surface area contributed by atoms with Gasteiger partial charge in [-0.15, -0.1) is 0 Å². The number of nitrogens with one attached hydrogen (secondary N) is 1. The number of hydrogen-bond acceptors (Lipinski definition) is 5. The Hall–Kier alpha value is -2.98. The van der Waals surface area contributed by atoms with Crippen LogP contribution in [-0.2, 0) is 4.79 Å². The largest absolute Gasteiger partial charge is 0.396 e. The second-order valence-electron chi connectivity index (χ2n) is 7.40. The van der Waals surface area contributed by atoms with Gasteiger partial charge in [-0.3, -0.25) is 9.59 Å². The number of aromatic nitrogens is 2. The number of fused-ring (bicyclic) bond motifs is 1. The van der Waals surface area contributed by atoms with Crippen molar-refractivity contribution in [1.82, 2.24) is 20.4 Å². The van der Waals surface area contributed by atoms with Gasteiger partial charge in [0, 0.05) is 18.7 Å². The summed E-state index contributed by atoms with van der Waals surface area (Å²) in [4.78, 5) is 29.7. The zero-order valence-electron chi connectivity index (χ0n) is 15.2. The highest BCUT2D eigenvalue weighted by Gasteiger charge is 2.74. The van der Waals surface area contributed by atoms with E-state index in [0.29, 0.717) is 0 Å². The summed E-state index contributed by atoms with van der Waals surface area (Å²) >= 11 is 0. The van der Waals surface area contributed by atoms with Crippen LogP contribution in [0, 0.1) is 17.2 Å². The quantitative estimate of drug-likeness (QED) is 0.780. The number of hydrogen-bond donors (Lipinski definition) is 1. The summed E-state index contributed by atoms with van der Waals surface area (Å²) in [5.41, 5.74) is -1.53. The van der Waals surface area contributed by atoms with Crippen LogP contribution in [-0.4, -0.2) is 52.2 Å². The van der Waals surface area contributed by atoms with Crippen molar-refractivity contribution in [3.63, 3.8) is 0 Å². The number of piperidine rings is 1. The molecule has 1 aliphatic heterocycles. The molecule has 7 nitrogen and oxygen atoms in total. The molecule has 0 radical (unpaired) electrons. The van der Waals surface area contributed by atoms with Crippen molar-refractivity contribution in [1.29, 1.82) is 0 Å². The van der Waals surface area contributed by atoms with Crippen LogP contribution in [0.5, 0.6) is 0 Å². The summed E-state index contributed by atoms with van der Waals surface area (Å²) in [5, 5.41) is 5.86. The average molecular weight is 412 g/mol. The van der Waals surface area contributed by atoms with Gasteiger partial charge in [0.25, 0.3) is 17.6 Å². The van der Waals surface area contributed by atoms with E-state index in [4.69, 9.17) is 4.52 Å². The van der Waals surface area contributed by atoms with Gasteiger partial charge < -0.3 is 14.7 Å². The predicted octanol–water partition coefficient (Wildman–Crippen LogP) is 2.40. The Labute approximate surface area is 162 Å². The van der Waals surface area contributed by atoms with E-state index in [1.807, 2.05) is 0 Å². The number of halogens is 4. The minimum Gasteiger partial charge on any atom is -0.340 e. The Balaban J connectivity index is 1.38. The molecule has 0 spiro atoms. The molecule has 2 amide bonds. The summed E-state index contributed by atoms with van der Waals surface area (Å²) < 4.78 is 57.7. The monoisotopic (exact) mass is 412 g/mol. The molecule has 11 heteroatoms. The molecule has 1 saturated heterocycles. The standard InChI is InChI=1S/C18H16F4N4O3/c1-9(16(28)26-7-11-6-17(11,8-26)18(20,21)22)23-14(27)13-24-15(29-25-13)10-3-2-4-12(19)5-10/h2-5,9,11H,6-8H2,1H3,(H,23,27)/t9-,11?,17-/m1/s1. The number of carbonyl (C=O) groups excluding carboxylic acids is 2. The van der Waals surface area contributed by atoms with Gasteiger partial charge in [0.2, 0.25) is 5.91 Å². The van der Waals surface area contributed by atoms with E-state index in [2.05, 4.69) is 15.5 Å². The van der Waals surface area contributed by atoms with Gasteiger partial charge in [-0.05, 0) is 37.5 Å². The number of likely N-dealkylation sites (tertiary alicyclic amines) is 1. The second kappa shape index (κ2) is 6.53. The van der Waals surface area contributed by atoms with Crippen LogP contribution in [0.25, 0.3) is 11.5 Å². The first-order valence-corrected chi connectivity index (χ1v) is 8.87. The van der Waals surface area contributed by atoms with Crippen LogP contribution in [0.15, 0.2) is 28.8 Å². The van der Waals surface area contributed by atoms with Crippen molar-refractivity contribution in [2.24, 2.45) is 11.3 Å². The maximum absolute atomic E-state index is 13.3. The van der Waals surface area contributed by atoms with Crippen LogP contribution in [0.3, 0.4) is 0 Å². The van der Waals surface area contributed by atoms with E-state index in [0.717, 1.165) is 11.0 Å². The van der Waals surface area contributed by atoms with Gasteiger partial charge in [-0.2, -0.15) is 18.2 Å². The fourth-order valence-corrected chi connectivity index (χ4v) is 3.74. The van der Waals surface area contributed by atoms with Crippen molar-refractivity contribution in [3.05, 3.63) is 35.9 Å². The van der Waals surface area contributed by atoms with Crippen LogP contribution in [0.2, 0.25) is 0 Å². The Morgan fingerprint density at radius 3 is 2.79 bits per heavy atom. The molecule has 2 aromatic rings. The molecule has 2 heterocycles. The summed E-state index contributed by atoms with van der Waals surface area (Å²) in [7, 11) is 0. The first-order valence-electron chi connectivity index (χ1n) is 8.87. The molecule has 29 heavy (non-hydrogen) atoms. The first-order chi connectivity index (χ1) is 13.6. The molecule has 1 aromatic carbocycles. The van der Waals surface area contributed by atoms with Crippen LogP contribution < -0.4 is 5.32 Å². The number of carbonyl (C=O) groups is 2. The van der Waals surface area contributed by atoms with Crippen molar-refractivity contribution in [2.75, 3.05) is 13.1 Å².